The van der Waals surface area contributed by atoms with Crippen LogP contribution < -0.4 is 9.61 Å². The molecule has 0 bridgehead atoms. The number of aromatic nitrogens is 1. The number of nitrogens with one attached hydrogen (secondary N) is 1. The van der Waals surface area contributed by atoms with Gasteiger partial charge < -0.3 is 9.72 Å². The standard InChI is InChI=1S/C19H12N2O5S2/c22-18-14-13(11-8-10(21(24)25)6-7-12(11)26-18)16-17(20-19(23)28-16)27-15(14)9-4-2-1-3-5-9/h1-8,13-15H,(H,20,23)/t13-,14-,15+/m0/s1. The van der Waals surface area contributed by atoms with Crippen molar-refractivity contribution in [2.24, 2.45) is 5.92 Å². The molecular formula is C19H12N2O5S2. The normalized spacial score (nSPS) is 22.6. The molecule has 1 N–H and O–H groups in total. The van der Waals surface area contributed by atoms with Gasteiger partial charge in [-0.25, -0.2) is 0 Å². The summed E-state index contributed by atoms with van der Waals surface area (Å²) in [5.74, 6) is -1.14. The Morgan fingerprint density at radius 3 is 2.64 bits per heavy atom. The summed E-state index contributed by atoms with van der Waals surface area (Å²) in [5.41, 5.74) is 1.43. The van der Waals surface area contributed by atoms with E-state index in [1.54, 1.807) is 0 Å². The van der Waals surface area contributed by atoms with E-state index in [-0.39, 0.29) is 21.8 Å². The molecular weight excluding hydrogens is 400 g/mol. The van der Waals surface area contributed by atoms with Gasteiger partial charge in [0.1, 0.15) is 5.75 Å². The lowest BCUT2D eigenvalue weighted by Crippen LogP contribution is -2.37. The summed E-state index contributed by atoms with van der Waals surface area (Å²) < 4.78 is 5.55. The first-order valence-corrected chi connectivity index (χ1v) is 10.2. The van der Waals surface area contributed by atoms with Gasteiger partial charge in [-0.15, -0.1) is 0 Å². The minimum atomic E-state index is -0.583. The molecule has 3 aromatic rings. The summed E-state index contributed by atoms with van der Waals surface area (Å²) in [6.07, 6.45) is 0. The molecule has 0 aliphatic carbocycles. The number of aromatic amines is 1. The lowest BCUT2D eigenvalue weighted by Gasteiger charge is -2.39. The molecule has 5 rings (SSSR count). The van der Waals surface area contributed by atoms with Crippen LogP contribution in [0.25, 0.3) is 0 Å². The molecule has 0 saturated carbocycles. The number of thioether (sulfide) groups is 1. The number of ether oxygens (including phenoxy) is 1. The Bertz CT molecular complexity index is 1170. The molecule has 0 unspecified atom stereocenters. The van der Waals surface area contributed by atoms with E-state index >= 15 is 0 Å². The number of H-pyrrole nitrogens is 1. The minimum Gasteiger partial charge on any atom is -0.426 e. The van der Waals surface area contributed by atoms with E-state index in [4.69, 9.17) is 4.74 Å². The molecule has 1 aromatic heterocycles. The maximum atomic E-state index is 13.0. The number of thiazole rings is 1. The number of benzene rings is 2. The number of hydrogen-bond acceptors (Lipinski definition) is 7. The van der Waals surface area contributed by atoms with Gasteiger partial charge in [0, 0.05) is 28.5 Å². The molecule has 0 spiro atoms. The molecule has 0 saturated heterocycles. The highest BCUT2D eigenvalue weighted by Crippen LogP contribution is 2.58. The zero-order chi connectivity index (χ0) is 19.4. The summed E-state index contributed by atoms with van der Waals surface area (Å²) >= 11 is 2.47. The van der Waals surface area contributed by atoms with Gasteiger partial charge >= 0.3 is 10.8 Å². The largest absolute Gasteiger partial charge is 0.426 e. The van der Waals surface area contributed by atoms with E-state index in [9.17, 15) is 19.7 Å². The average molecular weight is 412 g/mol. The third-order valence-corrected chi connectivity index (χ3v) is 7.48. The van der Waals surface area contributed by atoms with E-state index in [1.807, 2.05) is 30.3 Å². The van der Waals surface area contributed by atoms with Crippen LogP contribution >= 0.6 is 23.1 Å². The lowest BCUT2D eigenvalue weighted by atomic mass is 9.78. The number of rotatable bonds is 2. The predicted molar refractivity (Wildman–Crippen MR) is 104 cm³/mol. The number of esters is 1. The van der Waals surface area contributed by atoms with Crippen molar-refractivity contribution in [3.8, 4) is 5.75 Å². The smallest absolute Gasteiger partial charge is 0.316 e. The molecule has 9 heteroatoms. The number of nitro groups is 1. The molecule has 140 valence electrons. The topological polar surface area (TPSA) is 102 Å². The summed E-state index contributed by atoms with van der Waals surface area (Å²) in [6, 6.07) is 13.8. The van der Waals surface area contributed by atoms with Crippen molar-refractivity contribution in [2.45, 2.75) is 16.2 Å². The Hall–Kier alpha value is -2.91. The van der Waals surface area contributed by atoms with E-state index in [0.717, 1.165) is 21.8 Å². The fourth-order valence-electron chi connectivity index (χ4n) is 3.83. The highest BCUT2D eigenvalue weighted by atomic mass is 32.2. The van der Waals surface area contributed by atoms with Crippen molar-refractivity contribution < 1.29 is 14.5 Å². The molecule has 0 radical (unpaired) electrons. The third kappa shape index (κ3) is 2.58. The number of hydrogen-bond donors (Lipinski definition) is 1. The fourth-order valence-corrected chi connectivity index (χ4v) is 6.42. The van der Waals surface area contributed by atoms with Crippen LogP contribution in [0.4, 0.5) is 5.69 Å². The van der Waals surface area contributed by atoms with Crippen molar-refractivity contribution >= 4 is 34.8 Å². The zero-order valence-electron chi connectivity index (χ0n) is 14.2. The second-order valence-electron chi connectivity index (χ2n) is 6.56. The summed E-state index contributed by atoms with van der Waals surface area (Å²) in [4.78, 5) is 39.2. The number of fused-ring (bicyclic) bond motifs is 5. The fraction of sp³-hybridized carbons (Fsp3) is 0.158. The highest BCUT2D eigenvalue weighted by molar-refractivity contribution is 7.99. The Balaban J connectivity index is 1.75. The van der Waals surface area contributed by atoms with Gasteiger partial charge in [0.25, 0.3) is 5.69 Å². The number of carbonyl (C=O) groups is 1. The van der Waals surface area contributed by atoms with Crippen molar-refractivity contribution in [3.63, 3.8) is 0 Å². The number of non-ortho nitro benzene ring substituents is 1. The van der Waals surface area contributed by atoms with Crippen LogP contribution in [0.1, 0.15) is 27.2 Å². The van der Waals surface area contributed by atoms with Gasteiger partial charge in [-0.1, -0.05) is 53.4 Å². The Kier molecular flexibility index (Phi) is 3.88. The molecule has 2 aliphatic rings. The Morgan fingerprint density at radius 1 is 1.11 bits per heavy atom. The summed E-state index contributed by atoms with van der Waals surface area (Å²) in [6.45, 7) is 0. The molecule has 7 nitrogen and oxygen atoms in total. The first-order valence-electron chi connectivity index (χ1n) is 8.47. The van der Waals surface area contributed by atoms with Crippen LogP contribution in [-0.4, -0.2) is 15.9 Å². The third-order valence-electron chi connectivity index (χ3n) is 5.00. The second kappa shape index (κ2) is 6.32. The van der Waals surface area contributed by atoms with Crippen molar-refractivity contribution in [3.05, 3.63) is 84.3 Å². The second-order valence-corrected chi connectivity index (χ2v) is 8.73. The first-order chi connectivity index (χ1) is 13.5. The van der Waals surface area contributed by atoms with Gasteiger partial charge in [-0.3, -0.25) is 19.7 Å². The molecule has 2 aromatic carbocycles. The number of nitro benzene ring substituents is 1. The van der Waals surface area contributed by atoms with Crippen LogP contribution in [0.15, 0.2) is 58.4 Å². The van der Waals surface area contributed by atoms with Crippen LogP contribution in [0.2, 0.25) is 0 Å². The molecule has 3 atom stereocenters. The molecule has 0 fully saturated rings. The van der Waals surface area contributed by atoms with E-state index < -0.39 is 16.8 Å². The number of nitrogens with zero attached hydrogens (tertiary/aromatic N) is 1. The minimum absolute atomic E-state index is 0.0747. The van der Waals surface area contributed by atoms with Gasteiger partial charge in [0.2, 0.25) is 0 Å². The molecule has 28 heavy (non-hydrogen) atoms. The predicted octanol–water partition coefficient (Wildman–Crippen LogP) is 3.86. The van der Waals surface area contributed by atoms with Crippen LogP contribution in [0.5, 0.6) is 5.75 Å². The van der Waals surface area contributed by atoms with Crippen molar-refractivity contribution in [1.29, 1.82) is 0 Å². The van der Waals surface area contributed by atoms with Gasteiger partial charge in [-0.05, 0) is 11.6 Å². The Morgan fingerprint density at radius 2 is 1.89 bits per heavy atom. The SMILES string of the molecule is O=C1Oc2ccc([N+](=O)[O-])cc2[C@@H]2c3sc(=O)[nH]c3S[C@H](c3ccccc3)[C@@H]12. The molecule has 2 aliphatic heterocycles. The van der Waals surface area contributed by atoms with Crippen molar-refractivity contribution in [1.82, 2.24) is 4.98 Å². The van der Waals surface area contributed by atoms with E-state index in [1.165, 1.54) is 30.0 Å². The van der Waals surface area contributed by atoms with Crippen LogP contribution in [0.3, 0.4) is 0 Å². The molecule has 3 heterocycles. The van der Waals surface area contributed by atoms with Gasteiger partial charge in [0.15, 0.2) is 0 Å². The zero-order valence-corrected chi connectivity index (χ0v) is 15.8. The average Bonchev–Trinajstić information content (AvgIpc) is 3.07. The lowest BCUT2D eigenvalue weighted by molar-refractivity contribution is -0.385. The quantitative estimate of drug-likeness (QED) is 0.297. The number of carbonyl (C=O) groups excluding carboxylic acids is 1. The Labute approximate surface area is 166 Å². The summed E-state index contributed by atoms with van der Waals surface area (Å²) in [5, 5.41) is 11.7. The van der Waals surface area contributed by atoms with Crippen molar-refractivity contribution in [2.75, 3.05) is 0 Å². The van der Waals surface area contributed by atoms with E-state index in [0.29, 0.717) is 16.3 Å². The van der Waals surface area contributed by atoms with Gasteiger partial charge in [0.05, 0.1) is 21.1 Å². The highest BCUT2D eigenvalue weighted by Gasteiger charge is 2.49. The maximum Gasteiger partial charge on any atom is 0.316 e. The first kappa shape index (κ1) is 17.2. The van der Waals surface area contributed by atoms with Crippen LogP contribution in [0, 0.1) is 16.0 Å². The monoisotopic (exact) mass is 412 g/mol. The van der Waals surface area contributed by atoms with Crippen LogP contribution in [-0.2, 0) is 4.79 Å². The van der Waals surface area contributed by atoms with E-state index in [2.05, 4.69) is 4.98 Å². The van der Waals surface area contributed by atoms with Gasteiger partial charge in [-0.2, -0.15) is 0 Å². The maximum absolute atomic E-state index is 13.0. The summed E-state index contributed by atoms with van der Waals surface area (Å²) in [7, 11) is 0. The molecule has 0 amide bonds.